The number of benzene rings is 1. The molecular formula is C19H28N4O. The van der Waals surface area contributed by atoms with Gasteiger partial charge >= 0.3 is 0 Å². The van der Waals surface area contributed by atoms with Crippen molar-refractivity contribution >= 4 is 16.8 Å². The van der Waals surface area contributed by atoms with Crippen LogP contribution in [0.3, 0.4) is 0 Å². The van der Waals surface area contributed by atoms with Crippen LogP contribution in [0.2, 0.25) is 0 Å². The van der Waals surface area contributed by atoms with E-state index in [2.05, 4.69) is 50.9 Å². The molecule has 2 unspecified atom stereocenters. The maximum Gasteiger partial charge on any atom is 0.223 e. The standard InChI is InChI=1S/C19H28N4O/c1-12-8-6-9-13-16(12)23(5)21-17(13)19(2,3)15(18(20)24)14-10-7-11-22(14)4/h6,8-9,14-15H,7,10-11H2,1-5H3,(H2,20,24). The molecule has 0 bridgehead atoms. The van der Waals surface area contributed by atoms with Crippen molar-refractivity contribution in [2.45, 2.75) is 45.1 Å². The number of fused-ring (bicyclic) bond motifs is 1. The Morgan fingerprint density at radius 2 is 2.08 bits per heavy atom. The SMILES string of the molecule is Cc1cccc2c(C(C)(C)C(C(N)=O)C3CCCN3C)nn(C)c12. The summed E-state index contributed by atoms with van der Waals surface area (Å²) in [5.74, 6) is -0.492. The van der Waals surface area contributed by atoms with Crippen molar-refractivity contribution in [3.05, 3.63) is 29.5 Å². The first-order valence-electron chi connectivity index (χ1n) is 8.67. The van der Waals surface area contributed by atoms with E-state index in [1.54, 1.807) is 0 Å². The number of carbonyl (C=O) groups excluding carboxylic acids is 1. The Bertz CT molecular complexity index is 777. The van der Waals surface area contributed by atoms with Crippen molar-refractivity contribution in [2.24, 2.45) is 18.7 Å². The lowest BCUT2D eigenvalue weighted by atomic mass is 9.70. The minimum absolute atomic E-state index is 0.180. The highest BCUT2D eigenvalue weighted by atomic mass is 16.1. The maximum absolute atomic E-state index is 12.4. The number of amides is 1. The summed E-state index contributed by atoms with van der Waals surface area (Å²) in [5.41, 5.74) is 8.74. The van der Waals surface area contributed by atoms with Crippen molar-refractivity contribution in [1.29, 1.82) is 0 Å². The normalized spacial score (nSPS) is 20.6. The van der Waals surface area contributed by atoms with Crippen molar-refractivity contribution in [1.82, 2.24) is 14.7 Å². The van der Waals surface area contributed by atoms with Crippen LogP contribution in [0.25, 0.3) is 10.9 Å². The number of aryl methyl sites for hydroxylation is 2. The van der Waals surface area contributed by atoms with E-state index in [-0.39, 0.29) is 17.9 Å². The number of aromatic nitrogens is 2. The van der Waals surface area contributed by atoms with Gasteiger partial charge in [-0.05, 0) is 38.9 Å². The Kier molecular flexibility index (Phi) is 4.16. The van der Waals surface area contributed by atoms with Crippen LogP contribution >= 0.6 is 0 Å². The van der Waals surface area contributed by atoms with Gasteiger partial charge in [-0.15, -0.1) is 0 Å². The van der Waals surface area contributed by atoms with Crippen LogP contribution in [0.15, 0.2) is 18.2 Å². The van der Waals surface area contributed by atoms with E-state index in [1.165, 1.54) is 5.56 Å². The molecule has 2 N–H and O–H groups in total. The smallest absolute Gasteiger partial charge is 0.223 e. The Balaban J connectivity index is 2.15. The van der Waals surface area contributed by atoms with E-state index in [0.29, 0.717) is 0 Å². The summed E-state index contributed by atoms with van der Waals surface area (Å²) in [6, 6.07) is 6.43. The second kappa shape index (κ2) is 5.88. The van der Waals surface area contributed by atoms with Gasteiger partial charge in [0, 0.05) is 23.9 Å². The first kappa shape index (κ1) is 17.0. The predicted octanol–water partition coefficient (Wildman–Crippen LogP) is 2.36. The average molecular weight is 328 g/mol. The summed E-state index contributed by atoms with van der Waals surface area (Å²) in [7, 11) is 4.06. The zero-order chi connectivity index (χ0) is 17.6. The van der Waals surface area contributed by atoms with Gasteiger partial charge in [0.25, 0.3) is 0 Å². The molecule has 1 saturated heterocycles. The summed E-state index contributed by atoms with van der Waals surface area (Å²) < 4.78 is 1.93. The van der Waals surface area contributed by atoms with Crippen LogP contribution in [0.1, 0.15) is 37.9 Å². The molecule has 5 nitrogen and oxygen atoms in total. The van der Waals surface area contributed by atoms with Crippen LogP contribution < -0.4 is 5.73 Å². The van der Waals surface area contributed by atoms with Crippen LogP contribution in [0.5, 0.6) is 0 Å². The highest BCUT2D eigenvalue weighted by Crippen LogP contribution is 2.41. The van der Waals surface area contributed by atoms with E-state index in [1.807, 2.05) is 11.7 Å². The van der Waals surface area contributed by atoms with Gasteiger partial charge in [-0.3, -0.25) is 9.48 Å². The molecule has 1 aliphatic heterocycles. The molecule has 2 heterocycles. The Labute approximate surface area is 143 Å². The fourth-order valence-electron chi connectivity index (χ4n) is 4.54. The lowest BCUT2D eigenvalue weighted by molar-refractivity contribution is -0.125. The molecule has 2 aromatic rings. The number of rotatable bonds is 4. The van der Waals surface area contributed by atoms with Crippen LogP contribution in [-0.4, -0.2) is 40.2 Å². The molecular weight excluding hydrogens is 300 g/mol. The number of para-hydroxylation sites is 1. The molecule has 24 heavy (non-hydrogen) atoms. The van der Waals surface area contributed by atoms with Crippen molar-refractivity contribution in [3.8, 4) is 0 Å². The summed E-state index contributed by atoms with van der Waals surface area (Å²) in [5, 5.41) is 5.93. The molecule has 1 aromatic carbocycles. The topological polar surface area (TPSA) is 64.2 Å². The van der Waals surface area contributed by atoms with Gasteiger partial charge in [0.05, 0.1) is 17.1 Å². The molecule has 0 aliphatic carbocycles. The van der Waals surface area contributed by atoms with E-state index in [9.17, 15) is 4.79 Å². The van der Waals surface area contributed by atoms with Crippen molar-refractivity contribution < 1.29 is 4.79 Å². The highest BCUT2D eigenvalue weighted by Gasteiger charge is 2.45. The molecule has 3 rings (SSSR count). The van der Waals surface area contributed by atoms with E-state index in [0.717, 1.165) is 36.0 Å². The van der Waals surface area contributed by atoms with Crippen LogP contribution in [0.4, 0.5) is 0 Å². The minimum atomic E-state index is -0.428. The fourth-order valence-corrected chi connectivity index (χ4v) is 4.54. The molecule has 5 heteroatoms. The zero-order valence-corrected chi connectivity index (χ0v) is 15.3. The third-order valence-electron chi connectivity index (χ3n) is 5.72. The van der Waals surface area contributed by atoms with Gasteiger partial charge < -0.3 is 10.6 Å². The first-order valence-corrected chi connectivity index (χ1v) is 8.67. The highest BCUT2D eigenvalue weighted by molar-refractivity contribution is 5.87. The molecule has 0 saturated carbocycles. The van der Waals surface area contributed by atoms with Crippen molar-refractivity contribution in [2.75, 3.05) is 13.6 Å². The summed E-state index contributed by atoms with van der Waals surface area (Å²) in [6.07, 6.45) is 2.13. The Morgan fingerprint density at radius 1 is 1.38 bits per heavy atom. The zero-order valence-electron chi connectivity index (χ0n) is 15.3. The van der Waals surface area contributed by atoms with Crippen molar-refractivity contribution in [3.63, 3.8) is 0 Å². The van der Waals surface area contributed by atoms with Crippen LogP contribution in [-0.2, 0) is 17.3 Å². The second-order valence-corrected chi connectivity index (χ2v) is 7.74. The van der Waals surface area contributed by atoms with Gasteiger partial charge in [-0.1, -0.05) is 32.0 Å². The molecule has 1 fully saturated rings. The van der Waals surface area contributed by atoms with Gasteiger partial charge in [0.2, 0.25) is 5.91 Å². The van der Waals surface area contributed by atoms with E-state index < -0.39 is 5.41 Å². The summed E-state index contributed by atoms with van der Waals surface area (Å²) >= 11 is 0. The van der Waals surface area contributed by atoms with E-state index >= 15 is 0 Å². The quantitative estimate of drug-likeness (QED) is 0.937. The average Bonchev–Trinajstić information content (AvgIpc) is 3.04. The number of carbonyl (C=O) groups is 1. The largest absolute Gasteiger partial charge is 0.369 e. The van der Waals surface area contributed by atoms with Gasteiger partial charge in [0.1, 0.15) is 0 Å². The number of hydrogen-bond acceptors (Lipinski definition) is 3. The number of primary amides is 1. The molecule has 1 aliphatic rings. The third-order valence-corrected chi connectivity index (χ3v) is 5.72. The van der Waals surface area contributed by atoms with Gasteiger partial charge in [-0.2, -0.15) is 5.10 Å². The number of nitrogens with two attached hydrogens (primary N) is 1. The fraction of sp³-hybridized carbons (Fsp3) is 0.579. The lowest BCUT2D eigenvalue weighted by Gasteiger charge is -2.38. The maximum atomic E-state index is 12.4. The molecule has 1 amide bonds. The first-order chi connectivity index (χ1) is 11.2. The van der Waals surface area contributed by atoms with Gasteiger partial charge in [0.15, 0.2) is 0 Å². The number of likely N-dealkylation sites (tertiary alicyclic amines) is 1. The van der Waals surface area contributed by atoms with E-state index in [4.69, 9.17) is 10.8 Å². The minimum Gasteiger partial charge on any atom is -0.369 e. The third kappa shape index (κ3) is 2.51. The molecule has 1 aromatic heterocycles. The van der Waals surface area contributed by atoms with Gasteiger partial charge in [-0.25, -0.2) is 0 Å². The second-order valence-electron chi connectivity index (χ2n) is 7.74. The number of hydrogen-bond donors (Lipinski definition) is 1. The number of nitrogens with zero attached hydrogens (tertiary/aromatic N) is 3. The van der Waals surface area contributed by atoms with Crippen LogP contribution in [0, 0.1) is 12.8 Å². The lowest BCUT2D eigenvalue weighted by Crippen LogP contribution is -2.50. The summed E-state index contributed by atoms with van der Waals surface area (Å²) in [4.78, 5) is 14.7. The predicted molar refractivity (Wildman–Crippen MR) is 96.8 cm³/mol. The Morgan fingerprint density at radius 3 is 2.67 bits per heavy atom. The molecule has 130 valence electrons. The summed E-state index contributed by atoms with van der Waals surface area (Å²) in [6.45, 7) is 7.33. The Hall–Kier alpha value is -1.88. The molecule has 0 spiro atoms. The monoisotopic (exact) mass is 328 g/mol. The molecule has 0 radical (unpaired) electrons. The molecule has 2 atom stereocenters.